The van der Waals surface area contributed by atoms with Crippen LogP contribution in [0.4, 0.5) is 4.79 Å². The molecule has 1 aromatic rings. The van der Waals surface area contributed by atoms with Gasteiger partial charge in [0.1, 0.15) is 5.60 Å². The number of ether oxygens (including phenoxy) is 2. The van der Waals surface area contributed by atoms with Gasteiger partial charge in [0.05, 0.1) is 23.6 Å². The lowest BCUT2D eigenvalue weighted by Crippen LogP contribution is -2.46. The van der Waals surface area contributed by atoms with Gasteiger partial charge in [-0.25, -0.2) is 17.9 Å². The van der Waals surface area contributed by atoms with Gasteiger partial charge < -0.3 is 14.8 Å². The summed E-state index contributed by atoms with van der Waals surface area (Å²) >= 11 is 0. The van der Waals surface area contributed by atoms with Crippen LogP contribution in [0.1, 0.15) is 33.6 Å². The Morgan fingerprint density at radius 1 is 1.24 bits per heavy atom. The molecule has 2 atom stereocenters. The average molecular weight is 370 g/mol. The van der Waals surface area contributed by atoms with E-state index in [1.54, 1.807) is 51.1 Å². The van der Waals surface area contributed by atoms with Crippen molar-refractivity contribution in [3.63, 3.8) is 0 Å². The Balaban J connectivity index is 1.75. The Bertz CT molecular complexity index is 662. The lowest BCUT2D eigenvalue weighted by Gasteiger charge is -2.30. The standard InChI is InChI=1S/C17H26N2O5S/c1-17(2,3)24-16(20)19-13-9-10-14(23-12-13)11-18-25(21,22)15-7-5-4-6-8-15/h4-8,13-14,18H,9-12H2,1-3H3,(H,19,20)/t13-,14+/m1/s1. The largest absolute Gasteiger partial charge is 0.444 e. The van der Waals surface area contributed by atoms with Crippen molar-refractivity contribution in [1.29, 1.82) is 0 Å². The summed E-state index contributed by atoms with van der Waals surface area (Å²) in [5, 5.41) is 2.77. The molecule has 7 nitrogen and oxygen atoms in total. The lowest BCUT2D eigenvalue weighted by molar-refractivity contribution is -0.00477. The zero-order chi connectivity index (χ0) is 18.5. The molecule has 1 aromatic carbocycles. The number of benzene rings is 1. The van der Waals surface area contributed by atoms with Crippen LogP contribution in [0.5, 0.6) is 0 Å². The molecule has 0 aliphatic carbocycles. The molecule has 1 aliphatic rings. The quantitative estimate of drug-likeness (QED) is 0.827. The summed E-state index contributed by atoms with van der Waals surface area (Å²) in [7, 11) is -3.53. The van der Waals surface area contributed by atoms with E-state index in [9.17, 15) is 13.2 Å². The van der Waals surface area contributed by atoms with Crippen LogP contribution < -0.4 is 10.0 Å². The van der Waals surface area contributed by atoms with Gasteiger partial charge in [0, 0.05) is 6.54 Å². The highest BCUT2D eigenvalue weighted by Gasteiger charge is 2.26. The number of alkyl carbamates (subject to hydrolysis) is 1. The normalized spacial score (nSPS) is 21.6. The molecular weight excluding hydrogens is 344 g/mol. The molecule has 0 unspecified atom stereocenters. The third-order valence-electron chi connectivity index (χ3n) is 3.65. The van der Waals surface area contributed by atoms with Gasteiger partial charge in [0.2, 0.25) is 10.0 Å². The molecule has 2 N–H and O–H groups in total. The number of amides is 1. The monoisotopic (exact) mass is 370 g/mol. The maximum Gasteiger partial charge on any atom is 0.407 e. The first-order valence-electron chi connectivity index (χ1n) is 8.31. The second kappa shape index (κ2) is 8.16. The van der Waals surface area contributed by atoms with Crippen molar-refractivity contribution < 1.29 is 22.7 Å². The number of nitrogens with one attached hydrogen (secondary N) is 2. The predicted octanol–water partition coefficient (Wildman–Crippen LogP) is 2.04. The number of rotatable bonds is 5. The van der Waals surface area contributed by atoms with Crippen LogP contribution in [-0.4, -0.2) is 45.4 Å². The number of sulfonamides is 1. The summed E-state index contributed by atoms with van der Waals surface area (Å²) < 4.78 is 37.8. The first-order valence-corrected chi connectivity index (χ1v) is 9.80. The molecule has 0 saturated carbocycles. The van der Waals surface area contributed by atoms with Crippen molar-refractivity contribution in [3.05, 3.63) is 30.3 Å². The van der Waals surface area contributed by atoms with E-state index in [0.29, 0.717) is 19.4 Å². The van der Waals surface area contributed by atoms with E-state index in [4.69, 9.17) is 9.47 Å². The summed E-state index contributed by atoms with van der Waals surface area (Å²) in [6.07, 6.45) is 0.675. The van der Waals surface area contributed by atoms with Gasteiger partial charge in [0.25, 0.3) is 0 Å². The van der Waals surface area contributed by atoms with E-state index >= 15 is 0 Å². The van der Waals surface area contributed by atoms with Crippen LogP contribution in [0.3, 0.4) is 0 Å². The van der Waals surface area contributed by atoms with Gasteiger partial charge >= 0.3 is 6.09 Å². The van der Waals surface area contributed by atoms with Crippen molar-refractivity contribution in [1.82, 2.24) is 10.0 Å². The van der Waals surface area contributed by atoms with Gasteiger partial charge in [-0.15, -0.1) is 0 Å². The number of hydrogen-bond acceptors (Lipinski definition) is 5. The van der Waals surface area contributed by atoms with Crippen LogP contribution in [-0.2, 0) is 19.5 Å². The molecule has 140 valence electrons. The molecule has 1 saturated heterocycles. The molecule has 1 amide bonds. The van der Waals surface area contributed by atoms with Crippen molar-refractivity contribution in [2.24, 2.45) is 0 Å². The fraction of sp³-hybridized carbons (Fsp3) is 0.588. The third-order valence-corrected chi connectivity index (χ3v) is 5.09. The van der Waals surface area contributed by atoms with Crippen LogP contribution in [0.2, 0.25) is 0 Å². The smallest absolute Gasteiger partial charge is 0.407 e. The maximum absolute atomic E-state index is 12.2. The fourth-order valence-electron chi connectivity index (χ4n) is 2.44. The van der Waals surface area contributed by atoms with E-state index in [-0.39, 0.29) is 23.6 Å². The van der Waals surface area contributed by atoms with E-state index < -0.39 is 21.7 Å². The molecule has 0 aromatic heterocycles. The molecular formula is C17H26N2O5S. The molecule has 1 aliphatic heterocycles. The topological polar surface area (TPSA) is 93.7 Å². The first kappa shape index (κ1) is 19.7. The lowest BCUT2D eigenvalue weighted by atomic mass is 10.1. The van der Waals surface area contributed by atoms with E-state index in [1.807, 2.05) is 0 Å². The minimum Gasteiger partial charge on any atom is -0.444 e. The van der Waals surface area contributed by atoms with E-state index in [0.717, 1.165) is 0 Å². The Kier molecular flexibility index (Phi) is 6.42. The Morgan fingerprint density at radius 3 is 2.48 bits per heavy atom. The first-order chi connectivity index (χ1) is 11.7. The molecule has 0 radical (unpaired) electrons. The molecule has 0 spiro atoms. The third kappa shape index (κ3) is 6.64. The van der Waals surface area contributed by atoms with Crippen molar-refractivity contribution in [2.45, 2.75) is 56.3 Å². The molecule has 1 heterocycles. The zero-order valence-electron chi connectivity index (χ0n) is 14.8. The summed E-state index contributed by atoms with van der Waals surface area (Å²) in [6, 6.07) is 8.09. The van der Waals surface area contributed by atoms with Crippen LogP contribution >= 0.6 is 0 Å². The van der Waals surface area contributed by atoms with Gasteiger partial charge in [-0.2, -0.15) is 0 Å². The Labute approximate surface area is 149 Å². The Hall–Kier alpha value is -1.64. The minimum absolute atomic E-state index is 0.128. The highest BCUT2D eigenvalue weighted by Crippen LogP contribution is 2.15. The highest BCUT2D eigenvalue weighted by molar-refractivity contribution is 7.89. The number of carbonyl (C=O) groups is 1. The highest BCUT2D eigenvalue weighted by atomic mass is 32.2. The van der Waals surface area contributed by atoms with Crippen molar-refractivity contribution >= 4 is 16.1 Å². The summed E-state index contributed by atoms with van der Waals surface area (Å²) in [4.78, 5) is 12.0. The molecule has 2 rings (SSSR count). The average Bonchev–Trinajstić information content (AvgIpc) is 2.53. The number of carbonyl (C=O) groups excluding carboxylic acids is 1. The molecule has 8 heteroatoms. The van der Waals surface area contributed by atoms with E-state index in [2.05, 4.69) is 10.0 Å². The Morgan fingerprint density at radius 2 is 1.92 bits per heavy atom. The van der Waals surface area contributed by atoms with Crippen molar-refractivity contribution in [3.8, 4) is 0 Å². The van der Waals surface area contributed by atoms with Crippen LogP contribution in [0, 0.1) is 0 Å². The van der Waals surface area contributed by atoms with Gasteiger partial charge in [-0.05, 0) is 45.7 Å². The van der Waals surface area contributed by atoms with Crippen molar-refractivity contribution in [2.75, 3.05) is 13.2 Å². The predicted molar refractivity (Wildman–Crippen MR) is 93.8 cm³/mol. The summed E-state index contributed by atoms with van der Waals surface area (Å²) in [6.45, 7) is 5.95. The van der Waals surface area contributed by atoms with Crippen LogP contribution in [0.15, 0.2) is 35.2 Å². The molecule has 0 bridgehead atoms. The zero-order valence-corrected chi connectivity index (χ0v) is 15.6. The molecule has 25 heavy (non-hydrogen) atoms. The second-order valence-electron chi connectivity index (χ2n) is 7.04. The minimum atomic E-state index is -3.53. The number of hydrogen-bond donors (Lipinski definition) is 2. The van der Waals surface area contributed by atoms with E-state index in [1.165, 1.54) is 0 Å². The summed E-state index contributed by atoms with van der Waals surface area (Å²) in [5.74, 6) is 0. The van der Waals surface area contributed by atoms with Crippen LogP contribution in [0.25, 0.3) is 0 Å². The second-order valence-corrected chi connectivity index (χ2v) is 8.81. The fourth-order valence-corrected chi connectivity index (χ4v) is 3.53. The maximum atomic E-state index is 12.2. The van der Waals surface area contributed by atoms with Gasteiger partial charge in [0.15, 0.2) is 0 Å². The molecule has 1 fully saturated rings. The SMILES string of the molecule is CC(C)(C)OC(=O)N[C@@H]1CC[C@@H](CNS(=O)(=O)c2ccccc2)OC1. The summed E-state index contributed by atoms with van der Waals surface area (Å²) in [5.41, 5.74) is -0.544. The van der Waals surface area contributed by atoms with Gasteiger partial charge in [-0.3, -0.25) is 0 Å². The van der Waals surface area contributed by atoms with Gasteiger partial charge in [-0.1, -0.05) is 18.2 Å².